The SMILES string of the molecule is CCOC(=O)c1nnn(-c2nonc2N)c1-c1ccc(CC)cc1. The molecule has 0 saturated carbocycles. The molecule has 3 aromatic rings. The van der Waals surface area contributed by atoms with E-state index in [9.17, 15) is 4.79 Å². The van der Waals surface area contributed by atoms with Crippen LogP contribution < -0.4 is 5.73 Å². The predicted octanol–water partition coefficient (Wildman–Crippen LogP) is 1.64. The van der Waals surface area contributed by atoms with E-state index >= 15 is 0 Å². The number of hydrogen-bond acceptors (Lipinski definition) is 8. The number of nitrogen functional groups attached to an aromatic ring is 1. The summed E-state index contributed by atoms with van der Waals surface area (Å²) in [4.78, 5) is 12.2. The van der Waals surface area contributed by atoms with E-state index in [4.69, 9.17) is 10.5 Å². The lowest BCUT2D eigenvalue weighted by molar-refractivity contribution is 0.0520. The number of nitrogens with zero attached hydrogens (tertiary/aromatic N) is 5. The zero-order valence-corrected chi connectivity index (χ0v) is 13.3. The third kappa shape index (κ3) is 2.71. The molecular weight excluding hydrogens is 312 g/mol. The first-order valence-corrected chi connectivity index (χ1v) is 7.46. The summed E-state index contributed by atoms with van der Waals surface area (Å²) in [6.07, 6.45) is 0.905. The van der Waals surface area contributed by atoms with Crippen LogP contribution in [0.4, 0.5) is 5.82 Å². The first-order valence-electron chi connectivity index (χ1n) is 7.46. The Balaban J connectivity index is 2.17. The van der Waals surface area contributed by atoms with Crippen molar-refractivity contribution in [3.8, 4) is 17.1 Å². The lowest BCUT2D eigenvalue weighted by Crippen LogP contribution is -2.08. The van der Waals surface area contributed by atoms with Gasteiger partial charge in [0.2, 0.25) is 11.6 Å². The largest absolute Gasteiger partial charge is 0.461 e. The van der Waals surface area contributed by atoms with Crippen molar-refractivity contribution >= 4 is 11.8 Å². The number of carbonyl (C=O) groups is 1. The van der Waals surface area contributed by atoms with Crippen molar-refractivity contribution in [3.63, 3.8) is 0 Å². The van der Waals surface area contributed by atoms with Crippen LogP contribution in [0.15, 0.2) is 28.9 Å². The van der Waals surface area contributed by atoms with Gasteiger partial charge in [-0.15, -0.1) is 5.10 Å². The van der Waals surface area contributed by atoms with Crippen molar-refractivity contribution in [2.45, 2.75) is 20.3 Å². The Morgan fingerprint density at radius 1 is 1.25 bits per heavy atom. The van der Waals surface area contributed by atoms with E-state index in [1.807, 2.05) is 24.3 Å². The maximum absolute atomic E-state index is 12.2. The van der Waals surface area contributed by atoms with Crippen LogP contribution in [0.2, 0.25) is 0 Å². The Labute approximate surface area is 137 Å². The Kier molecular flexibility index (Phi) is 4.23. The molecule has 3 rings (SSSR count). The average molecular weight is 328 g/mol. The predicted molar refractivity (Wildman–Crippen MR) is 84.4 cm³/mol. The van der Waals surface area contributed by atoms with Gasteiger partial charge >= 0.3 is 5.97 Å². The smallest absolute Gasteiger partial charge is 0.361 e. The van der Waals surface area contributed by atoms with Crippen LogP contribution in [0.1, 0.15) is 29.9 Å². The Morgan fingerprint density at radius 2 is 2.00 bits per heavy atom. The number of esters is 1. The lowest BCUT2D eigenvalue weighted by Gasteiger charge is -2.07. The number of carbonyl (C=O) groups excluding carboxylic acids is 1. The first-order chi connectivity index (χ1) is 11.7. The summed E-state index contributed by atoms with van der Waals surface area (Å²) in [7, 11) is 0. The van der Waals surface area contributed by atoms with E-state index in [1.165, 1.54) is 4.68 Å². The number of aryl methyl sites for hydroxylation is 1. The second-order valence-electron chi connectivity index (χ2n) is 4.94. The molecule has 124 valence electrons. The van der Waals surface area contributed by atoms with Gasteiger partial charge in [0.1, 0.15) is 5.69 Å². The zero-order chi connectivity index (χ0) is 17.1. The van der Waals surface area contributed by atoms with Crippen LogP contribution in [-0.2, 0) is 11.2 Å². The number of benzene rings is 1. The molecule has 0 radical (unpaired) electrons. The van der Waals surface area contributed by atoms with Gasteiger partial charge in [0.15, 0.2) is 5.69 Å². The molecule has 0 fully saturated rings. The van der Waals surface area contributed by atoms with Crippen molar-refractivity contribution < 1.29 is 14.2 Å². The highest BCUT2D eigenvalue weighted by atomic mass is 16.6. The fourth-order valence-electron chi connectivity index (χ4n) is 2.26. The summed E-state index contributed by atoms with van der Waals surface area (Å²) < 4.78 is 11.0. The first kappa shape index (κ1) is 15.7. The van der Waals surface area contributed by atoms with Crippen LogP contribution in [-0.4, -0.2) is 37.9 Å². The van der Waals surface area contributed by atoms with Gasteiger partial charge in [-0.3, -0.25) is 0 Å². The van der Waals surface area contributed by atoms with Gasteiger partial charge in [-0.05, 0) is 29.2 Å². The van der Waals surface area contributed by atoms with E-state index in [2.05, 4.69) is 32.2 Å². The molecule has 0 aliphatic carbocycles. The molecule has 9 heteroatoms. The van der Waals surface area contributed by atoms with Gasteiger partial charge in [0, 0.05) is 5.56 Å². The molecule has 0 amide bonds. The standard InChI is InChI=1S/C15H16N6O3/c1-3-9-5-7-10(8-6-9)12-11(15(22)23-4-2)17-20-21(12)14-13(16)18-24-19-14/h5-8H,3-4H2,1-2H3,(H2,16,18). The second kappa shape index (κ2) is 6.49. The van der Waals surface area contributed by atoms with E-state index in [0.717, 1.165) is 17.5 Å². The van der Waals surface area contributed by atoms with Crippen molar-refractivity contribution in [2.24, 2.45) is 0 Å². The summed E-state index contributed by atoms with van der Waals surface area (Å²) in [5.74, 6) is -0.373. The van der Waals surface area contributed by atoms with E-state index in [0.29, 0.717) is 5.69 Å². The van der Waals surface area contributed by atoms with Gasteiger partial charge < -0.3 is 10.5 Å². The van der Waals surface area contributed by atoms with Gasteiger partial charge in [-0.1, -0.05) is 36.4 Å². The highest BCUT2D eigenvalue weighted by molar-refractivity contribution is 5.94. The maximum Gasteiger partial charge on any atom is 0.361 e. The number of ether oxygens (including phenoxy) is 1. The van der Waals surface area contributed by atoms with E-state index in [1.54, 1.807) is 6.92 Å². The van der Waals surface area contributed by atoms with Crippen LogP contribution in [0.25, 0.3) is 17.1 Å². The number of anilines is 1. The summed E-state index contributed by atoms with van der Waals surface area (Å²) in [5.41, 5.74) is 8.11. The van der Waals surface area contributed by atoms with Crippen LogP contribution in [0.3, 0.4) is 0 Å². The molecule has 24 heavy (non-hydrogen) atoms. The van der Waals surface area contributed by atoms with Crippen molar-refractivity contribution in [3.05, 3.63) is 35.5 Å². The monoisotopic (exact) mass is 328 g/mol. The second-order valence-corrected chi connectivity index (χ2v) is 4.94. The van der Waals surface area contributed by atoms with Crippen LogP contribution in [0, 0.1) is 0 Å². The molecule has 1 aromatic carbocycles. The van der Waals surface area contributed by atoms with Crippen molar-refractivity contribution in [1.29, 1.82) is 0 Å². The van der Waals surface area contributed by atoms with Gasteiger partial charge in [0.25, 0.3) is 0 Å². The fourth-order valence-corrected chi connectivity index (χ4v) is 2.26. The molecule has 2 N–H and O–H groups in total. The maximum atomic E-state index is 12.2. The van der Waals surface area contributed by atoms with Crippen LogP contribution in [0.5, 0.6) is 0 Å². The average Bonchev–Trinajstić information content (AvgIpc) is 3.21. The van der Waals surface area contributed by atoms with Crippen LogP contribution >= 0.6 is 0 Å². The zero-order valence-electron chi connectivity index (χ0n) is 13.3. The summed E-state index contributed by atoms with van der Waals surface area (Å²) >= 11 is 0. The van der Waals surface area contributed by atoms with E-state index < -0.39 is 5.97 Å². The molecule has 2 heterocycles. The number of nitrogens with two attached hydrogens (primary N) is 1. The Hall–Kier alpha value is -3.23. The molecule has 0 bridgehead atoms. The summed E-state index contributed by atoms with van der Waals surface area (Å²) in [6.45, 7) is 4.01. The Morgan fingerprint density at radius 3 is 2.58 bits per heavy atom. The number of hydrogen-bond donors (Lipinski definition) is 1. The molecule has 0 aliphatic rings. The molecule has 0 aliphatic heterocycles. The molecule has 0 atom stereocenters. The highest BCUT2D eigenvalue weighted by Crippen LogP contribution is 2.27. The summed E-state index contributed by atoms with van der Waals surface area (Å²) in [5, 5.41) is 15.1. The molecule has 9 nitrogen and oxygen atoms in total. The molecule has 0 saturated heterocycles. The molecule has 0 spiro atoms. The van der Waals surface area contributed by atoms with E-state index in [-0.39, 0.29) is 23.9 Å². The van der Waals surface area contributed by atoms with Gasteiger partial charge in [0.05, 0.1) is 6.61 Å². The minimum Gasteiger partial charge on any atom is -0.461 e. The molecule has 2 aromatic heterocycles. The quantitative estimate of drug-likeness (QED) is 0.701. The Bertz CT molecular complexity index is 852. The fraction of sp³-hybridized carbons (Fsp3) is 0.267. The van der Waals surface area contributed by atoms with Crippen molar-refractivity contribution in [1.82, 2.24) is 25.3 Å². The third-order valence-electron chi connectivity index (χ3n) is 3.47. The molecular formula is C15H16N6O3. The van der Waals surface area contributed by atoms with Crippen molar-refractivity contribution in [2.75, 3.05) is 12.3 Å². The number of rotatable bonds is 5. The third-order valence-corrected chi connectivity index (χ3v) is 3.47. The minimum atomic E-state index is -0.576. The summed E-state index contributed by atoms with van der Waals surface area (Å²) in [6, 6.07) is 7.68. The van der Waals surface area contributed by atoms with Gasteiger partial charge in [-0.2, -0.15) is 4.68 Å². The normalized spacial score (nSPS) is 10.8. The topological polar surface area (TPSA) is 122 Å². The highest BCUT2D eigenvalue weighted by Gasteiger charge is 2.25. The minimum absolute atomic E-state index is 0.0433. The van der Waals surface area contributed by atoms with Gasteiger partial charge in [-0.25, -0.2) is 9.42 Å². The molecule has 0 unspecified atom stereocenters. The lowest BCUT2D eigenvalue weighted by atomic mass is 10.1. The number of aromatic nitrogens is 5.